The predicted molar refractivity (Wildman–Crippen MR) is 89.4 cm³/mol. The molecule has 6 nitrogen and oxygen atoms in total. The summed E-state index contributed by atoms with van der Waals surface area (Å²) in [5, 5.41) is 12.2. The highest BCUT2D eigenvalue weighted by molar-refractivity contribution is 5.33. The molecular formula is C18H19N5O. The summed E-state index contributed by atoms with van der Waals surface area (Å²) >= 11 is 0. The molecule has 0 saturated carbocycles. The van der Waals surface area contributed by atoms with Gasteiger partial charge in [0.2, 0.25) is 0 Å². The molecule has 1 aromatic heterocycles. The number of nitrogens with zero attached hydrogens (tertiary/aromatic N) is 5. The van der Waals surface area contributed by atoms with Crippen LogP contribution in [0.4, 0.5) is 0 Å². The number of aromatic nitrogens is 4. The number of hydrogen-bond acceptors (Lipinski definition) is 5. The van der Waals surface area contributed by atoms with Gasteiger partial charge in [-0.1, -0.05) is 48.5 Å². The highest BCUT2D eigenvalue weighted by Gasteiger charge is 2.17. The lowest BCUT2D eigenvalue weighted by Crippen LogP contribution is -2.27. The molecule has 24 heavy (non-hydrogen) atoms. The van der Waals surface area contributed by atoms with E-state index < -0.39 is 0 Å². The van der Waals surface area contributed by atoms with Crippen LogP contribution in [0.1, 0.15) is 17.0 Å². The van der Waals surface area contributed by atoms with E-state index in [1.54, 1.807) is 0 Å². The highest BCUT2D eigenvalue weighted by atomic mass is 16.5. The van der Waals surface area contributed by atoms with Gasteiger partial charge in [0.05, 0.1) is 13.1 Å². The Morgan fingerprint density at radius 2 is 1.79 bits per heavy atom. The Hall–Kier alpha value is -2.73. The molecule has 1 aliphatic heterocycles. The molecule has 2 aromatic carbocycles. The minimum Gasteiger partial charge on any atom is -0.492 e. The molecule has 0 aliphatic carbocycles. The lowest BCUT2D eigenvalue weighted by molar-refractivity contribution is 0.213. The fraction of sp³-hybridized carbons (Fsp3) is 0.278. The zero-order chi connectivity index (χ0) is 16.2. The maximum absolute atomic E-state index is 5.82. The third-order valence-corrected chi connectivity index (χ3v) is 4.18. The van der Waals surface area contributed by atoms with Crippen molar-refractivity contribution in [3.63, 3.8) is 0 Å². The average Bonchev–Trinajstić information content (AvgIpc) is 2.93. The second-order valence-electron chi connectivity index (χ2n) is 5.91. The summed E-state index contributed by atoms with van der Waals surface area (Å²) in [5.74, 6) is 1.85. The third kappa shape index (κ3) is 3.28. The van der Waals surface area contributed by atoms with Crippen LogP contribution in [-0.2, 0) is 19.6 Å². The lowest BCUT2D eigenvalue weighted by atomic mass is 10.2. The van der Waals surface area contributed by atoms with Crippen molar-refractivity contribution in [2.75, 3.05) is 13.2 Å². The molecule has 0 saturated heterocycles. The van der Waals surface area contributed by atoms with Crippen LogP contribution < -0.4 is 4.74 Å². The van der Waals surface area contributed by atoms with Crippen LogP contribution in [0.5, 0.6) is 5.75 Å². The number of fused-ring (bicyclic) bond motifs is 1. The van der Waals surface area contributed by atoms with E-state index >= 15 is 0 Å². The number of rotatable bonds is 4. The smallest absolute Gasteiger partial charge is 0.165 e. The van der Waals surface area contributed by atoms with Gasteiger partial charge in [-0.05, 0) is 22.1 Å². The molecule has 0 amide bonds. The molecular weight excluding hydrogens is 302 g/mol. The molecule has 0 N–H and O–H groups in total. The Labute approximate surface area is 140 Å². The molecule has 0 atom stereocenters. The Morgan fingerprint density at radius 3 is 2.71 bits per heavy atom. The maximum atomic E-state index is 5.82. The SMILES string of the molecule is c1ccc(Cn2nnnc2CN2CCOc3ccccc3C2)cc1. The Balaban J connectivity index is 1.49. The topological polar surface area (TPSA) is 56.1 Å². The first kappa shape index (κ1) is 14.8. The zero-order valence-corrected chi connectivity index (χ0v) is 13.4. The number of para-hydroxylation sites is 1. The average molecular weight is 321 g/mol. The van der Waals surface area contributed by atoms with E-state index in [4.69, 9.17) is 4.74 Å². The van der Waals surface area contributed by atoms with Gasteiger partial charge < -0.3 is 4.74 Å². The molecule has 0 bridgehead atoms. The summed E-state index contributed by atoms with van der Waals surface area (Å²) in [7, 11) is 0. The summed E-state index contributed by atoms with van der Waals surface area (Å²) in [6, 6.07) is 18.4. The van der Waals surface area contributed by atoms with E-state index in [-0.39, 0.29) is 0 Å². The fourth-order valence-electron chi connectivity index (χ4n) is 2.93. The van der Waals surface area contributed by atoms with Crippen LogP contribution in [0.2, 0.25) is 0 Å². The number of hydrogen-bond donors (Lipinski definition) is 0. The molecule has 6 heteroatoms. The van der Waals surface area contributed by atoms with Crippen LogP contribution in [0.25, 0.3) is 0 Å². The molecule has 1 aliphatic rings. The first-order chi connectivity index (χ1) is 11.9. The van der Waals surface area contributed by atoms with E-state index in [0.717, 1.165) is 24.7 Å². The van der Waals surface area contributed by atoms with Crippen molar-refractivity contribution in [2.24, 2.45) is 0 Å². The van der Waals surface area contributed by atoms with E-state index in [1.165, 1.54) is 11.1 Å². The summed E-state index contributed by atoms with van der Waals surface area (Å²) in [5.41, 5.74) is 2.40. The Kier molecular flexibility index (Phi) is 4.20. The normalized spacial score (nSPS) is 14.7. The molecule has 2 heterocycles. The second kappa shape index (κ2) is 6.80. The second-order valence-corrected chi connectivity index (χ2v) is 5.91. The summed E-state index contributed by atoms with van der Waals surface area (Å²) in [6.07, 6.45) is 0. The molecule has 0 spiro atoms. The van der Waals surface area contributed by atoms with Gasteiger partial charge in [-0.2, -0.15) is 0 Å². The van der Waals surface area contributed by atoms with Crippen LogP contribution in [0.3, 0.4) is 0 Å². The summed E-state index contributed by atoms with van der Waals surface area (Å²) < 4.78 is 7.69. The van der Waals surface area contributed by atoms with Gasteiger partial charge in [-0.3, -0.25) is 4.90 Å². The highest BCUT2D eigenvalue weighted by Crippen LogP contribution is 2.23. The van der Waals surface area contributed by atoms with Gasteiger partial charge >= 0.3 is 0 Å². The van der Waals surface area contributed by atoms with Crippen molar-refractivity contribution < 1.29 is 4.74 Å². The fourth-order valence-corrected chi connectivity index (χ4v) is 2.93. The summed E-state index contributed by atoms with van der Waals surface area (Å²) in [4.78, 5) is 2.32. The minimum atomic E-state index is 0.678. The third-order valence-electron chi connectivity index (χ3n) is 4.18. The number of tetrazole rings is 1. The molecule has 122 valence electrons. The van der Waals surface area contributed by atoms with E-state index in [0.29, 0.717) is 19.7 Å². The van der Waals surface area contributed by atoms with Gasteiger partial charge in [0, 0.05) is 18.7 Å². The van der Waals surface area contributed by atoms with Gasteiger partial charge in [0.1, 0.15) is 12.4 Å². The van der Waals surface area contributed by atoms with Crippen LogP contribution in [0, 0.1) is 0 Å². The van der Waals surface area contributed by atoms with Crippen LogP contribution in [-0.4, -0.2) is 38.3 Å². The van der Waals surface area contributed by atoms with Gasteiger partial charge in [-0.15, -0.1) is 5.10 Å². The van der Waals surface area contributed by atoms with E-state index in [9.17, 15) is 0 Å². The minimum absolute atomic E-state index is 0.678. The molecule has 0 radical (unpaired) electrons. The maximum Gasteiger partial charge on any atom is 0.165 e. The monoisotopic (exact) mass is 321 g/mol. The van der Waals surface area contributed by atoms with Crippen LogP contribution >= 0.6 is 0 Å². The molecule has 0 unspecified atom stereocenters. The first-order valence-corrected chi connectivity index (χ1v) is 8.10. The van der Waals surface area contributed by atoms with E-state index in [1.807, 2.05) is 41.1 Å². The zero-order valence-electron chi connectivity index (χ0n) is 13.4. The predicted octanol–water partition coefficient (Wildman–Crippen LogP) is 2.12. The van der Waals surface area contributed by atoms with Crippen molar-refractivity contribution in [1.82, 2.24) is 25.1 Å². The molecule has 3 aromatic rings. The largest absolute Gasteiger partial charge is 0.492 e. The quantitative estimate of drug-likeness (QED) is 0.737. The van der Waals surface area contributed by atoms with Crippen molar-refractivity contribution in [2.45, 2.75) is 19.6 Å². The van der Waals surface area contributed by atoms with Crippen LogP contribution in [0.15, 0.2) is 54.6 Å². The van der Waals surface area contributed by atoms with Gasteiger partial charge in [0.15, 0.2) is 5.82 Å². The van der Waals surface area contributed by atoms with Crippen molar-refractivity contribution in [3.8, 4) is 5.75 Å². The number of ether oxygens (including phenoxy) is 1. The van der Waals surface area contributed by atoms with Crippen molar-refractivity contribution in [1.29, 1.82) is 0 Å². The van der Waals surface area contributed by atoms with Crippen molar-refractivity contribution >= 4 is 0 Å². The lowest BCUT2D eigenvalue weighted by Gasteiger charge is -2.18. The van der Waals surface area contributed by atoms with Gasteiger partial charge in [-0.25, -0.2) is 4.68 Å². The Morgan fingerprint density at radius 1 is 0.958 bits per heavy atom. The molecule has 4 rings (SSSR count). The summed E-state index contributed by atoms with van der Waals surface area (Å²) in [6.45, 7) is 3.76. The van der Waals surface area contributed by atoms with Crippen molar-refractivity contribution in [3.05, 3.63) is 71.5 Å². The van der Waals surface area contributed by atoms with E-state index in [2.05, 4.69) is 38.6 Å². The first-order valence-electron chi connectivity index (χ1n) is 8.10. The number of benzene rings is 2. The molecule has 0 fully saturated rings. The Bertz CT molecular complexity index is 802. The van der Waals surface area contributed by atoms with Gasteiger partial charge in [0.25, 0.3) is 0 Å². The standard InChI is InChI=1S/C18H19N5O/c1-2-6-15(7-3-1)12-23-18(19-20-21-23)14-22-10-11-24-17-9-5-4-8-16(17)13-22/h1-9H,10-14H2.